The molecule has 3 heteroatoms. The molecule has 0 aromatic carbocycles. The second kappa shape index (κ2) is 2.12. The maximum absolute atomic E-state index is 5.50. The van der Waals surface area contributed by atoms with Crippen LogP contribution in [0.2, 0.25) is 0 Å². The van der Waals surface area contributed by atoms with Gasteiger partial charge in [0.05, 0.1) is 18.3 Å². The van der Waals surface area contributed by atoms with Gasteiger partial charge in [0.25, 0.3) is 0 Å². The van der Waals surface area contributed by atoms with Gasteiger partial charge < -0.3 is 14.5 Å². The van der Waals surface area contributed by atoms with Crippen LogP contribution in [-0.4, -0.2) is 19.7 Å². The lowest BCUT2D eigenvalue weighted by Gasteiger charge is -2.54. The molecule has 2 saturated heterocycles. The van der Waals surface area contributed by atoms with Crippen molar-refractivity contribution in [2.24, 2.45) is 5.41 Å². The average Bonchev–Trinajstić information content (AvgIpc) is 2.33. The van der Waals surface area contributed by atoms with E-state index in [1.807, 2.05) is 12.1 Å². The third kappa shape index (κ3) is 0.678. The van der Waals surface area contributed by atoms with Crippen LogP contribution >= 0.6 is 0 Å². The molecule has 3 rings (SSSR count). The lowest BCUT2D eigenvalue weighted by molar-refractivity contribution is -0.220. The Labute approximate surface area is 70.7 Å². The summed E-state index contributed by atoms with van der Waals surface area (Å²) in [5.41, 5.74) is 0.359. The van der Waals surface area contributed by atoms with Crippen LogP contribution in [0.4, 0.5) is 0 Å². The van der Waals surface area contributed by atoms with Crippen molar-refractivity contribution in [1.29, 1.82) is 0 Å². The predicted octanol–water partition coefficient (Wildman–Crippen LogP) is 0.940. The van der Waals surface area contributed by atoms with Crippen molar-refractivity contribution in [3.8, 4) is 0 Å². The van der Waals surface area contributed by atoms with Crippen molar-refractivity contribution in [3.05, 3.63) is 24.2 Å². The van der Waals surface area contributed by atoms with E-state index in [1.54, 1.807) is 6.26 Å². The Morgan fingerprint density at radius 1 is 1.50 bits per heavy atom. The molecule has 0 saturated carbocycles. The fourth-order valence-electron chi connectivity index (χ4n) is 1.96. The number of nitrogens with one attached hydrogen (secondary N) is 1. The van der Waals surface area contributed by atoms with E-state index in [2.05, 4.69) is 5.32 Å². The number of ether oxygens (including phenoxy) is 1. The molecule has 2 fully saturated rings. The fourth-order valence-corrected chi connectivity index (χ4v) is 1.96. The summed E-state index contributed by atoms with van der Waals surface area (Å²) < 4.78 is 10.8. The highest BCUT2D eigenvalue weighted by molar-refractivity contribution is 5.15. The highest BCUT2D eigenvalue weighted by Crippen LogP contribution is 2.48. The summed E-state index contributed by atoms with van der Waals surface area (Å²) in [6.45, 7) is 3.02. The molecule has 1 N–H and O–H groups in total. The van der Waals surface area contributed by atoms with Gasteiger partial charge in [-0.1, -0.05) is 0 Å². The molecule has 0 aliphatic carbocycles. The first-order chi connectivity index (χ1) is 5.91. The summed E-state index contributed by atoms with van der Waals surface area (Å²) in [5, 5.41) is 3.27. The van der Waals surface area contributed by atoms with Gasteiger partial charge in [0, 0.05) is 13.1 Å². The Morgan fingerprint density at radius 2 is 2.42 bits per heavy atom. The molecule has 0 bridgehead atoms. The van der Waals surface area contributed by atoms with Crippen LogP contribution in [0.1, 0.15) is 11.9 Å². The van der Waals surface area contributed by atoms with E-state index in [9.17, 15) is 0 Å². The average molecular weight is 165 g/mol. The molecular formula is C9H11NO2. The number of hydrogen-bond acceptors (Lipinski definition) is 3. The summed E-state index contributed by atoms with van der Waals surface area (Å²) in [6.07, 6.45) is 1.91. The van der Waals surface area contributed by atoms with Crippen molar-refractivity contribution in [3.63, 3.8) is 0 Å². The summed E-state index contributed by atoms with van der Waals surface area (Å²) >= 11 is 0. The van der Waals surface area contributed by atoms with Gasteiger partial charge in [-0.25, -0.2) is 0 Å². The number of hydrogen-bond donors (Lipinski definition) is 1. The molecule has 1 unspecified atom stereocenters. The zero-order valence-electron chi connectivity index (χ0n) is 6.75. The lowest BCUT2D eigenvalue weighted by Crippen LogP contribution is -2.65. The molecule has 0 radical (unpaired) electrons. The Morgan fingerprint density at radius 3 is 2.83 bits per heavy atom. The Balaban J connectivity index is 1.86. The van der Waals surface area contributed by atoms with Gasteiger partial charge in [0.15, 0.2) is 0 Å². The van der Waals surface area contributed by atoms with E-state index >= 15 is 0 Å². The fraction of sp³-hybridized carbons (Fsp3) is 0.556. The van der Waals surface area contributed by atoms with Gasteiger partial charge in [-0.2, -0.15) is 0 Å². The van der Waals surface area contributed by atoms with Crippen LogP contribution in [0.5, 0.6) is 0 Å². The quantitative estimate of drug-likeness (QED) is 0.672. The van der Waals surface area contributed by atoms with Crippen molar-refractivity contribution < 1.29 is 9.15 Å². The first-order valence-corrected chi connectivity index (χ1v) is 4.26. The second-order valence-electron chi connectivity index (χ2n) is 3.67. The zero-order chi connectivity index (χ0) is 8.02. The summed E-state index contributed by atoms with van der Waals surface area (Å²) in [6, 6.07) is 3.90. The van der Waals surface area contributed by atoms with Gasteiger partial charge >= 0.3 is 0 Å². The molecule has 64 valence electrons. The van der Waals surface area contributed by atoms with Gasteiger partial charge in [-0.3, -0.25) is 0 Å². The highest BCUT2D eigenvalue weighted by Gasteiger charge is 2.54. The van der Waals surface area contributed by atoms with Crippen LogP contribution in [0.15, 0.2) is 22.8 Å². The van der Waals surface area contributed by atoms with Gasteiger partial charge in [-0.05, 0) is 12.1 Å². The van der Waals surface area contributed by atoms with Crippen LogP contribution in [-0.2, 0) is 4.74 Å². The van der Waals surface area contributed by atoms with E-state index in [0.29, 0.717) is 5.41 Å². The molecule has 2 aliphatic rings. The minimum Gasteiger partial charge on any atom is -0.467 e. The number of furan rings is 1. The predicted molar refractivity (Wildman–Crippen MR) is 42.7 cm³/mol. The maximum Gasteiger partial charge on any atom is 0.133 e. The molecule has 0 amide bonds. The van der Waals surface area contributed by atoms with Crippen LogP contribution in [0.25, 0.3) is 0 Å². The van der Waals surface area contributed by atoms with Crippen LogP contribution in [0, 0.1) is 5.41 Å². The van der Waals surface area contributed by atoms with Gasteiger partial charge in [0.1, 0.15) is 11.9 Å². The minimum absolute atomic E-state index is 0.203. The first kappa shape index (κ1) is 6.69. The second-order valence-corrected chi connectivity index (χ2v) is 3.67. The lowest BCUT2D eigenvalue weighted by atomic mass is 9.72. The Hall–Kier alpha value is -0.800. The van der Waals surface area contributed by atoms with Crippen molar-refractivity contribution in [1.82, 2.24) is 5.32 Å². The molecule has 1 atom stereocenters. The molecule has 1 aromatic heterocycles. The monoisotopic (exact) mass is 165 g/mol. The normalized spacial score (nSPS) is 31.2. The minimum atomic E-state index is 0.203. The number of rotatable bonds is 1. The van der Waals surface area contributed by atoms with Gasteiger partial charge in [0.2, 0.25) is 0 Å². The first-order valence-electron chi connectivity index (χ1n) is 4.26. The highest BCUT2D eigenvalue weighted by atomic mass is 16.5. The van der Waals surface area contributed by atoms with E-state index in [-0.39, 0.29) is 6.10 Å². The molecule has 12 heavy (non-hydrogen) atoms. The third-order valence-electron chi connectivity index (χ3n) is 2.85. The largest absolute Gasteiger partial charge is 0.467 e. The van der Waals surface area contributed by atoms with Crippen LogP contribution in [0.3, 0.4) is 0 Å². The standard InChI is InChI=1S/C9H11NO2/c1-2-7(11-3-1)8-9(6-12-8)4-10-5-9/h1-3,8,10H,4-6H2. The molecule has 2 aliphatic heterocycles. The Kier molecular flexibility index (Phi) is 1.18. The Bertz CT molecular complexity index is 271. The third-order valence-corrected chi connectivity index (χ3v) is 2.85. The molecule has 1 aromatic rings. The molecular weight excluding hydrogens is 154 g/mol. The molecule has 3 nitrogen and oxygen atoms in total. The topological polar surface area (TPSA) is 34.4 Å². The maximum atomic E-state index is 5.50. The van der Waals surface area contributed by atoms with Crippen LogP contribution < -0.4 is 5.32 Å². The summed E-state index contributed by atoms with van der Waals surface area (Å²) in [7, 11) is 0. The van der Waals surface area contributed by atoms with E-state index in [1.165, 1.54) is 0 Å². The van der Waals surface area contributed by atoms with Gasteiger partial charge in [-0.15, -0.1) is 0 Å². The SMILES string of the molecule is c1coc(C2OCC23CNC3)c1. The van der Waals surface area contributed by atoms with E-state index in [4.69, 9.17) is 9.15 Å². The van der Waals surface area contributed by atoms with Crippen molar-refractivity contribution in [2.75, 3.05) is 19.7 Å². The summed E-state index contributed by atoms with van der Waals surface area (Å²) in [5.74, 6) is 0.975. The van der Waals surface area contributed by atoms with E-state index in [0.717, 1.165) is 25.5 Å². The smallest absolute Gasteiger partial charge is 0.133 e. The molecule has 1 spiro atoms. The van der Waals surface area contributed by atoms with E-state index < -0.39 is 0 Å². The zero-order valence-corrected chi connectivity index (χ0v) is 6.75. The molecule has 3 heterocycles. The summed E-state index contributed by atoms with van der Waals surface area (Å²) in [4.78, 5) is 0. The van der Waals surface area contributed by atoms with Crippen molar-refractivity contribution in [2.45, 2.75) is 6.10 Å². The van der Waals surface area contributed by atoms with Crippen molar-refractivity contribution >= 4 is 0 Å².